The smallest absolute Gasteiger partial charge is 0.272 e. The molecule has 1 amide bonds. The lowest BCUT2D eigenvalue weighted by Gasteiger charge is -2.14. The van der Waals surface area contributed by atoms with E-state index in [9.17, 15) is 4.79 Å². The fourth-order valence-corrected chi connectivity index (χ4v) is 2.42. The molecule has 0 spiro atoms. The van der Waals surface area contributed by atoms with Crippen LogP contribution in [-0.2, 0) is 0 Å². The zero-order chi connectivity index (χ0) is 16.4. The summed E-state index contributed by atoms with van der Waals surface area (Å²) < 4.78 is 5.49. The molecule has 1 atom stereocenters. The number of furan rings is 1. The molecule has 1 unspecified atom stereocenters. The molecule has 0 aliphatic rings. The summed E-state index contributed by atoms with van der Waals surface area (Å²) >= 11 is 6.06. The van der Waals surface area contributed by atoms with Gasteiger partial charge in [0.1, 0.15) is 23.0 Å². The second kappa shape index (κ2) is 6.48. The Hall–Kier alpha value is -1.88. The number of aryl methyl sites for hydroxylation is 2. The Morgan fingerprint density at radius 1 is 1.32 bits per heavy atom. The predicted octanol–water partition coefficient (Wildman–Crippen LogP) is 3.95. The van der Waals surface area contributed by atoms with Gasteiger partial charge in [0.2, 0.25) is 0 Å². The molecule has 2 heterocycles. The largest absolute Gasteiger partial charge is 0.466 e. The first-order valence-electron chi connectivity index (χ1n) is 7.19. The maximum Gasteiger partial charge on any atom is 0.272 e. The number of aromatic nitrogens is 2. The van der Waals surface area contributed by atoms with E-state index in [-0.39, 0.29) is 28.6 Å². The lowest BCUT2D eigenvalue weighted by molar-refractivity contribution is 0.0934. The lowest BCUT2D eigenvalue weighted by atomic mass is 10.1. The van der Waals surface area contributed by atoms with Crippen LogP contribution in [0.15, 0.2) is 16.7 Å². The molecule has 118 valence electrons. The molecule has 6 heteroatoms. The topological polar surface area (TPSA) is 68.0 Å². The number of rotatable bonds is 4. The van der Waals surface area contributed by atoms with E-state index in [1.807, 2.05) is 40.7 Å². The van der Waals surface area contributed by atoms with Crippen molar-refractivity contribution in [1.82, 2.24) is 15.3 Å². The molecule has 0 saturated heterocycles. The molecular weight excluding hydrogens is 302 g/mol. The lowest BCUT2D eigenvalue weighted by Crippen LogP contribution is -2.28. The van der Waals surface area contributed by atoms with E-state index in [0.29, 0.717) is 5.82 Å². The average Bonchev–Trinajstić information content (AvgIpc) is 2.77. The summed E-state index contributed by atoms with van der Waals surface area (Å²) in [5.41, 5.74) is 1.14. The fraction of sp³-hybridized carbons (Fsp3) is 0.438. The van der Waals surface area contributed by atoms with Gasteiger partial charge in [0.25, 0.3) is 5.91 Å². The van der Waals surface area contributed by atoms with E-state index in [2.05, 4.69) is 15.3 Å². The third-order valence-electron chi connectivity index (χ3n) is 3.39. The molecule has 0 saturated carbocycles. The highest BCUT2D eigenvalue weighted by Crippen LogP contribution is 2.22. The van der Waals surface area contributed by atoms with Gasteiger partial charge in [-0.3, -0.25) is 4.79 Å². The molecule has 0 aliphatic carbocycles. The van der Waals surface area contributed by atoms with Crippen molar-refractivity contribution in [1.29, 1.82) is 0 Å². The second-order valence-electron chi connectivity index (χ2n) is 5.64. The Kier molecular flexibility index (Phi) is 4.86. The second-order valence-corrected chi connectivity index (χ2v) is 6.05. The minimum Gasteiger partial charge on any atom is -0.466 e. The number of hydrogen-bond acceptors (Lipinski definition) is 4. The van der Waals surface area contributed by atoms with Crippen molar-refractivity contribution in [3.63, 3.8) is 0 Å². The Morgan fingerprint density at radius 3 is 2.55 bits per heavy atom. The minimum absolute atomic E-state index is 0.125. The van der Waals surface area contributed by atoms with Gasteiger partial charge in [0.05, 0.1) is 17.3 Å². The number of nitrogens with one attached hydrogen (secondary N) is 1. The quantitative estimate of drug-likeness (QED) is 0.925. The van der Waals surface area contributed by atoms with Crippen LogP contribution >= 0.6 is 11.6 Å². The summed E-state index contributed by atoms with van der Waals surface area (Å²) in [5, 5.41) is 3.14. The molecule has 22 heavy (non-hydrogen) atoms. The monoisotopic (exact) mass is 321 g/mol. The van der Waals surface area contributed by atoms with Crippen molar-refractivity contribution in [2.75, 3.05) is 0 Å². The first-order chi connectivity index (χ1) is 10.3. The van der Waals surface area contributed by atoms with Gasteiger partial charge in [-0.25, -0.2) is 9.97 Å². The number of carbonyl (C=O) groups is 1. The SMILES string of the molecule is Cc1cc(C(C)NC(=O)c2nc(C(C)C)ncc2Cl)c(C)o1. The number of halogens is 1. The van der Waals surface area contributed by atoms with Gasteiger partial charge in [-0.15, -0.1) is 0 Å². The maximum atomic E-state index is 12.4. The van der Waals surface area contributed by atoms with Crippen LogP contribution < -0.4 is 5.32 Å². The van der Waals surface area contributed by atoms with Crippen molar-refractivity contribution < 1.29 is 9.21 Å². The Morgan fingerprint density at radius 2 is 2.00 bits per heavy atom. The number of amides is 1. The summed E-state index contributed by atoms with van der Waals surface area (Å²) in [5.74, 6) is 2.01. The van der Waals surface area contributed by atoms with Gasteiger partial charge >= 0.3 is 0 Å². The highest BCUT2D eigenvalue weighted by atomic mass is 35.5. The van der Waals surface area contributed by atoms with Crippen LogP contribution in [0.1, 0.15) is 66.1 Å². The van der Waals surface area contributed by atoms with Gasteiger partial charge in [-0.1, -0.05) is 25.4 Å². The van der Waals surface area contributed by atoms with Gasteiger partial charge in [0.15, 0.2) is 0 Å². The molecule has 2 aromatic rings. The van der Waals surface area contributed by atoms with Crippen LogP contribution in [0.25, 0.3) is 0 Å². The minimum atomic E-state index is -0.319. The Labute approximate surface area is 135 Å². The fourth-order valence-electron chi connectivity index (χ4n) is 2.24. The van der Waals surface area contributed by atoms with Crippen molar-refractivity contribution >= 4 is 17.5 Å². The van der Waals surface area contributed by atoms with E-state index in [1.54, 1.807) is 0 Å². The standard InChI is InChI=1S/C16H20ClN3O2/c1-8(2)15-18-7-13(17)14(20-15)16(21)19-10(4)12-6-9(3)22-11(12)5/h6-8,10H,1-5H3,(H,19,21). The van der Waals surface area contributed by atoms with E-state index < -0.39 is 0 Å². The van der Waals surface area contributed by atoms with E-state index >= 15 is 0 Å². The zero-order valence-corrected chi connectivity index (χ0v) is 14.2. The van der Waals surface area contributed by atoms with Crippen molar-refractivity contribution in [3.8, 4) is 0 Å². The summed E-state index contributed by atoms with van der Waals surface area (Å²) in [4.78, 5) is 20.8. The molecule has 1 N–H and O–H groups in total. The number of hydrogen-bond donors (Lipinski definition) is 1. The summed E-state index contributed by atoms with van der Waals surface area (Å²) in [6.07, 6.45) is 1.47. The molecule has 5 nitrogen and oxygen atoms in total. The van der Waals surface area contributed by atoms with Crippen molar-refractivity contribution in [2.45, 2.75) is 46.6 Å². The highest BCUT2D eigenvalue weighted by Gasteiger charge is 2.20. The zero-order valence-electron chi connectivity index (χ0n) is 13.4. The third-order valence-corrected chi connectivity index (χ3v) is 3.66. The molecule has 0 radical (unpaired) electrons. The first-order valence-corrected chi connectivity index (χ1v) is 7.57. The van der Waals surface area contributed by atoms with Gasteiger partial charge in [-0.2, -0.15) is 0 Å². The average molecular weight is 322 g/mol. The summed E-state index contributed by atoms with van der Waals surface area (Å²) in [7, 11) is 0. The Bertz CT molecular complexity index is 695. The molecular formula is C16H20ClN3O2. The van der Waals surface area contributed by atoms with E-state index in [1.165, 1.54) is 6.20 Å². The Balaban J connectivity index is 2.22. The van der Waals surface area contributed by atoms with Crippen LogP contribution in [0.4, 0.5) is 0 Å². The third kappa shape index (κ3) is 3.47. The van der Waals surface area contributed by atoms with Crippen LogP contribution in [0.2, 0.25) is 5.02 Å². The van der Waals surface area contributed by atoms with E-state index in [4.69, 9.17) is 16.0 Å². The molecule has 0 aliphatic heterocycles. The highest BCUT2D eigenvalue weighted by molar-refractivity contribution is 6.33. The van der Waals surface area contributed by atoms with E-state index in [0.717, 1.165) is 17.1 Å². The molecule has 0 fully saturated rings. The molecule has 0 bridgehead atoms. The van der Waals surface area contributed by atoms with Crippen molar-refractivity contribution in [3.05, 3.63) is 45.9 Å². The van der Waals surface area contributed by atoms with Gasteiger partial charge in [0, 0.05) is 11.5 Å². The summed E-state index contributed by atoms with van der Waals surface area (Å²) in [6.45, 7) is 9.57. The maximum absolute atomic E-state index is 12.4. The first kappa shape index (κ1) is 16.5. The van der Waals surface area contributed by atoms with Crippen LogP contribution in [-0.4, -0.2) is 15.9 Å². The number of carbonyl (C=O) groups excluding carboxylic acids is 1. The normalized spacial score (nSPS) is 12.5. The molecule has 2 aromatic heterocycles. The van der Waals surface area contributed by atoms with Crippen LogP contribution in [0.5, 0.6) is 0 Å². The van der Waals surface area contributed by atoms with Gasteiger partial charge < -0.3 is 9.73 Å². The van der Waals surface area contributed by atoms with Crippen LogP contribution in [0.3, 0.4) is 0 Å². The van der Waals surface area contributed by atoms with Crippen LogP contribution in [0, 0.1) is 13.8 Å². The van der Waals surface area contributed by atoms with Crippen molar-refractivity contribution in [2.24, 2.45) is 0 Å². The summed E-state index contributed by atoms with van der Waals surface area (Å²) in [6, 6.07) is 1.72. The number of nitrogens with zero attached hydrogens (tertiary/aromatic N) is 2. The predicted molar refractivity (Wildman–Crippen MR) is 85.2 cm³/mol. The van der Waals surface area contributed by atoms with Gasteiger partial charge in [-0.05, 0) is 26.8 Å². The molecule has 2 rings (SSSR count). The molecule has 0 aromatic carbocycles.